The number of anilines is 1. The molecule has 0 bridgehead atoms. The Morgan fingerprint density at radius 1 is 1.35 bits per heavy atom. The largest absolute Gasteiger partial charge is 0.317 e. The first-order valence-electron chi connectivity index (χ1n) is 6.22. The third kappa shape index (κ3) is 3.32. The van der Waals surface area contributed by atoms with Crippen LogP contribution in [-0.2, 0) is 14.8 Å². The molecular weight excluding hydrogens is 302 g/mol. The number of carbonyl (C=O) groups is 1. The molecule has 1 fully saturated rings. The summed E-state index contributed by atoms with van der Waals surface area (Å²) in [5.41, 5.74) is 0. The summed E-state index contributed by atoms with van der Waals surface area (Å²) < 4.78 is 26.1. The van der Waals surface area contributed by atoms with Crippen LogP contribution in [0, 0.1) is 0 Å². The van der Waals surface area contributed by atoms with Crippen LogP contribution >= 0.6 is 11.3 Å². The monoisotopic (exact) mass is 319 g/mol. The molecule has 1 aliphatic rings. The number of hydrogen-bond acceptors (Lipinski definition) is 7. The fourth-order valence-corrected chi connectivity index (χ4v) is 4.56. The van der Waals surface area contributed by atoms with E-state index in [0.29, 0.717) is 19.1 Å². The normalized spacial score (nSPS) is 18.1. The third-order valence-electron chi connectivity index (χ3n) is 3.11. The predicted molar refractivity (Wildman–Crippen MR) is 75.1 cm³/mol. The molecule has 1 amide bonds. The maximum absolute atomic E-state index is 12.4. The highest BCUT2D eigenvalue weighted by molar-refractivity contribution is 7.91. The summed E-state index contributed by atoms with van der Waals surface area (Å²) in [6.45, 7) is 2.25. The minimum absolute atomic E-state index is 0.0795. The van der Waals surface area contributed by atoms with Crippen LogP contribution in [0.25, 0.3) is 0 Å². The van der Waals surface area contributed by atoms with Gasteiger partial charge in [0.1, 0.15) is 0 Å². The lowest BCUT2D eigenvalue weighted by Gasteiger charge is -2.29. The van der Waals surface area contributed by atoms with Gasteiger partial charge < -0.3 is 10.6 Å². The van der Waals surface area contributed by atoms with Gasteiger partial charge in [0, 0.05) is 26.1 Å². The Labute approximate surface area is 121 Å². The fourth-order valence-electron chi connectivity index (χ4n) is 2.01. The Morgan fingerprint density at radius 3 is 2.55 bits per heavy atom. The van der Waals surface area contributed by atoms with Crippen molar-refractivity contribution >= 4 is 32.4 Å². The van der Waals surface area contributed by atoms with Gasteiger partial charge in [0.15, 0.2) is 0 Å². The van der Waals surface area contributed by atoms with Crippen molar-refractivity contribution in [2.75, 3.05) is 25.5 Å². The Morgan fingerprint density at radius 2 is 2.00 bits per heavy atom. The van der Waals surface area contributed by atoms with Crippen molar-refractivity contribution in [3.63, 3.8) is 0 Å². The Kier molecular flexibility index (Phi) is 4.68. The van der Waals surface area contributed by atoms with E-state index in [0.717, 1.165) is 24.2 Å². The SMILES string of the molecule is CNC1CCN(S(=O)(=O)c2nnc(NC(C)=O)s2)CC1. The second kappa shape index (κ2) is 6.12. The zero-order chi connectivity index (χ0) is 14.8. The molecule has 0 saturated carbocycles. The lowest BCUT2D eigenvalue weighted by atomic mass is 10.1. The van der Waals surface area contributed by atoms with Gasteiger partial charge in [0.2, 0.25) is 15.4 Å². The molecule has 0 aromatic carbocycles. The third-order valence-corrected chi connectivity index (χ3v) is 6.20. The predicted octanol–water partition coefficient (Wildman–Crippen LogP) is -0.131. The van der Waals surface area contributed by atoms with Gasteiger partial charge in [0.25, 0.3) is 10.0 Å². The summed E-state index contributed by atoms with van der Waals surface area (Å²) in [7, 11) is -1.74. The van der Waals surface area contributed by atoms with E-state index in [2.05, 4.69) is 20.8 Å². The maximum Gasteiger partial charge on any atom is 0.272 e. The molecule has 0 unspecified atom stereocenters. The van der Waals surface area contributed by atoms with Crippen LogP contribution in [0.3, 0.4) is 0 Å². The summed E-state index contributed by atoms with van der Waals surface area (Å²) in [6.07, 6.45) is 1.54. The number of carbonyl (C=O) groups excluding carboxylic acids is 1. The molecule has 0 aliphatic carbocycles. The van der Waals surface area contributed by atoms with Crippen LogP contribution in [0.5, 0.6) is 0 Å². The molecule has 112 valence electrons. The van der Waals surface area contributed by atoms with Crippen molar-refractivity contribution in [1.82, 2.24) is 19.8 Å². The summed E-state index contributed by atoms with van der Waals surface area (Å²) >= 11 is 0.869. The van der Waals surface area contributed by atoms with Crippen molar-refractivity contribution in [2.45, 2.75) is 30.1 Å². The number of aromatic nitrogens is 2. The summed E-state index contributed by atoms with van der Waals surface area (Å²) in [4.78, 5) is 10.9. The van der Waals surface area contributed by atoms with Crippen molar-refractivity contribution in [3.8, 4) is 0 Å². The minimum Gasteiger partial charge on any atom is -0.317 e. The smallest absolute Gasteiger partial charge is 0.272 e. The van der Waals surface area contributed by atoms with E-state index < -0.39 is 10.0 Å². The van der Waals surface area contributed by atoms with Gasteiger partial charge in [-0.25, -0.2) is 8.42 Å². The first-order valence-corrected chi connectivity index (χ1v) is 8.47. The zero-order valence-corrected chi connectivity index (χ0v) is 12.9. The Balaban J connectivity index is 2.10. The van der Waals surface area contributed by atoms with E-state index in [-0.39, 0.29) is 15.4 Å². The molecule has 8 nitrogen and oxygen atoms in total. The van der Waals surface area contributed by atoms with E-state index in [1.54, 1.807) is 0 Å². The number of amides is 1. The lowest BCUT2D eigenvalue weighted by Crippen LogP contribution is -2.43. The standard InChI is InChI=1S/C10H17N5O3S2/c1-7(16)12-9-13-14-10(19-9)20(17,18)15-5-3-8(11-2)4-6-15/h8,11H,3-6H2,1-2H3,(H,12,13,16). The molecule has 2 N–H and O–H groups in total. The highest BCUT2D eigenvalue weighted by atomic mass is 32.2. The number of hydrogen-bond donors (Lipinski definition) is 2. The van der Waals surface area contributed by atoms with Crippen molar-refractivity contribution in [1.29, 1.82) is 0 Å². The summed E-state index contributed by atoms with van der Waals surface area (Å²) in [5, 5.41) is 13.1. The van der Waals surface area contributed by atoms with Gasteiger partial charge in [-0.05, 0) is 19.9 Å². The fraction of sp³-hybridized carbons (Fsp3) is 0.700. The Bertz CT molecular complexity index is 577. The number of piperidine rings is 1. The molecule has 10 heteroatoms. The molecule has 0 atom stereocenters. The summed E-state index contributed by atoms with van der Waals surface area (Å²) in [6, 6.07) is 0.353. The minimum atomic E-state index is -3.61. The van der Waals surface area contributed by atoms with Crippen molar-refractivity contribution in [2.24, 2.45) is 0 Å². The average molecular weight is 319 g/mol. The van der Waals surface area contributed by atoms with Crippen molar-refractivity contribution < 1.29 is 13.2 Å². The summed E-state index contributed by atoms with van der Waals surface area (Å²) in [5.74, 6) is -0.306. The molecule has 1 aliphatic heterocycles. The van der Waals surface area contributed by atoms with E-state index in [1.165, 1.54) is 11.2 Å². The molecule has 1 aromatic rings. The van der Waals surface area contributed by atoms with Gasteiger partial charge in [0.05, 0.1) is 0 Å². The van der Waals surface area contributed by atoms with E-state index in [4.69, 9.17) is 0 Å². The lowest BCUT2D eigenvalue weighted by molar-refractivity contribution is -0.114. The van der Waals surface area contributed by atoms with Crippen LogP contribution in [0.4, 0.5) is 5.13 Å². The van der Waals surface area contributed by atoms with E-state index in [1.807, 2.05) is 7.05 Å². The van der Waals surface area contributed by atoms with Crippen LogP contribution in [0.2, 0.25) is 0 Å². The van der Waals surface area contributed by atoms with Gasteiger partial charge in [-0.3, -0.25) is 4.79 Å². The second-order valence-electron chi connectivity index (χ2n) is 4.52. The quantitative estimate of drug-likeness (QED) is 0.749. The van der Waals surface area contributed by atoms with Gasteiger partial charge in [-0.15, -0.1) is 10.2 Å². The molecule has 1 aromatic heterocycles. The van der Waals surface area contributed by atoms with Crippen LogP contribution in [0.1, 0.15) is 19.8 Å². The first kappa shape index (κ1) is 15.3. The molecule has 20 heavy (non-hydrogen) atoms. The molecular formula is C10H17N5O3S2. The zero-order valence-electron chi connectivity index (χ0n) is 11.3. The van der Waals surface area contributed by atoms with Gasteiger partial charge >= 0.3 is 0 Å². The number of sulfonamides is 1. The van der Waals surface area contributed by atoms with Crippen LogP contribution < -0.4 is 10.6 Å². The van der Waals surface area contributed by atoms with Gasteiger partial charge in [-0.2, -0.15) is 4.31 Å². The van der Waals surface area contributed by atoms with Crippen molar-refractivity contribution in [3.05, 3.63) is 0 Å². The molecule has 2 heterocycles. The second-order valence-corrected chi connectivity index (χ2v) is 7.61. The van der Waals surface area contributed by atoms with E-state index in [9.17, 15) is 13.2 Å². The molecule has 1 saturated heterocycles. The molecule has 2 rings (SSSR count). The highest BCUT2D eigenvalue weighted by Gasteiger charge is 2.31. The number of rotatable bonds is 4. The van der Waals surface area contributed by atoms with Crippen LogP contribution in [0.15, 0.2) is 4.34 Å². The maximum atomic E-state index is 12.4. The Hall–Kier alpha value is -1.10. The van der Waals surface area contributed by atoms with Crippen LogP contribution in [-0.4, -0.2) is 55.0 Å². The number of nitrogens with zero attached hydrogens (tertiary/aromatic N) is 3. The highest BCUT2D eigenvalue weighted by Crippen LogP contribution is 2.25. The first-order chi connectivity index (χ1) is 9.43. The molecule has 0 radical (unpaired) electrons. The number of nitrogens with one attached hydrogen (secondary N) is 2. The topological polar surface area (TPSA) is 104 Å². The van der Waals surface area contributed by atoms with Gasteiger partial charge in [-0.1, -0.05) is 11.3 Å². The molecule has 0 spiro atoms. The average Bonchev–Trinajstić information content (AvgIpc) is 2.87. The van der Waals surface area contributed by atoms with E-state index >= 15 is 0 Å².